The largest absolute Gasteiger partial charge is 0.494 e. The molecule has 152 valence electrons. The van der Waals surface area contributed by atoms with E-state index in [-0.39, 0.29) is 19.1 Å². The van der Waals surface area contributed by atoms with Crippen molar-refractivity contribution < 1.29 is 19.0 Å². The van der Waals surface area contributed by atoms with Crippen molar-refractivity contribution in [3.05, 3.63) is 48.0 Å². The minimum Gasteiger partial charge on any atom is -0.494 e. The maximum Gasteiger partial charge on any atom is 0.231 e. The minimum atomic E-state index is 0.0395. The van der Waals surface area contributed by atoms with E-state index in [1.807, 2.05) is 54.3 Å². The van der Waals surface area contributed by atoms with Crippen LogP contribution in [0, 0.1) is 0 Å². The highest BCUT2D eigenvalue weighted by molar-refractivity contribution is 6.07. The summed E-state index contributed by atoms with van der Waals surface area (Å²) in [5, 5.41) is 0. The molecule has 2 aliphatic rings. The molecule has 2 aromatic carbocycles. The number of ether oxygens (including phenoxy) is 3. The maximum absolute atomic E-state index is 13.1. The van der Waals surface area contributed by atoms with E-state index in [0.29, 0.717) is 17.9 Å². The van der Waals surface area contributed by atoms with Gasteiger partial charge in [-0.3, -0.25) is 9.79 Å². The van der Waals surface area contributed by atoms with Crippen molar-refractivity contribution in [2.24, 2.45) is 4.99 Å². The summed E-state index contributed by atoms with van der Waals surface area (Å²) in [4.78, 5) is 19.9. The molecule has 2 aromatic rings. The van der Waals surface area contributed by atoms with Gasteiger partial charge in [-0.2, -0.15) is 0 Å². The third-order valence-electron chi connectivity index (χ3n) is 5.12. The van der Waals surface area contributed by atoms with Crippen molar-refractivity contribution in [2.75, 3.05) is 31.4 Å². The van der Waals surface area contributed by atoms with E-state index in [1.165, 1.54) is 0 Å². The summed E-state index contributed by atoms with van der Waals surface area (Å²) in [5.74, 6) is 3.20. The highest BCUT2D eigenvalue weighted by Crippen LogP contribution is 2.36. The number of nitrogens with zero attached hydrogens (tertiary/aromatic N) is 2. The number of aliphatic imine (C=N–C) groups is 1. The molecule has 6 nitrogen and oxygen atoms in total. The highest BCUT2D eigenvalue weighted by atomic mass is 16.7. The average molecular weight is 394 g/mol. The normalized spacial score (nSPS) is 15.4. The number of carbonyl (C=O) groups excluding carboxylic acids is 1. The molecule has 0 amide bonds. The van der Waals surface area contributed by atoms with Crippen LogP contribution in [0.5, 0.6) is 17.2 Å². The van der Waals surface area contributed by atoms with Gasteiger partial charge in [-0.05, 0) is 56.2 Å². The lowest BCUT2D eigenvalue weighted by Gasteiger charge is -2.26. The smallest absolute Gasteiger partial charge is 0.231 e. The maximum atomic E-state index is 13.1. The summed E-state index contributed by atoms with van der Waals surface area (Å²) >= 11 is 0. The van der Waals surface area contributed by atoms with Crippen LogP contribution in [0.3, 0.4) is 0 Å². The number of benzene rings is 2. The molecule has 29 heavy (non-hydrogen) atoms. The van der Waals surface area contributed by atoms with Crippen molar-refractivity contribution in [3.63, 3.8) is 0 Å². The fourth-order valence-corrected chi connectivity index (χ4v) is 3.60. The number of carbonyl (C=O) groups is 1. The molecule has 0 unspecified atom stereocenters. The number of Topliss-reactive ketones (excluding diaryl/α,β-unsaturated/α-hetero) is 1. The average Bonchev–Trinajstić information content (AvgIpc) is 3.05. The number of ketones is 1. The Morgan fingerprint density at radius 1 is 1.07 bits per heavy atom. The zero-order valence-corrected chi connectivity index (χ0v) is 16.7. The van der Waals surface area contributed by atoms with Gasteiger partial charge in [0.25, 0.3) is 0 Å². The Morgan fingerprint density at radius 3 is 2.72 bits per heavy atom. The molecule has 2 heterocycles. The molecule has 0 radical (unpaired) electrons. The first-order valence-corrected chi connectivity index (χ1v) is 10.2. The monoisotopic (exact) mass is 394 g/mol. The zero-order valence-electron chi connectivity index (χ0n) is 16.7. The molecule has 0 atom stereocenters. The van der Waals surface area contributed by atoms with E-state index in [1.54, 1.807) is 0 Å². The van der Waals surface area contributed by atoms with Crippen molar-refractivity contribution in [3.8, 4) is 17.2 Å². The van der Waals surface area contributed by atoms with Crippen LogP contribution in [0.2, 0.25) is 0 Å². The van der Waals surface area contributed by atoms with Crippen LogP contribution in [0.1, 0.15) is 43.0 Å². The van der Waals surface area contributed by atoms with Crippen LogP contribution >= 0.6 is 0 Å². The number of hydrogen-bond acceptors (Lipinski definition) is 6. The SMILES string of the molecule is CCOc1ccc(C(=O)CN(C2=NCCCCC2)c2ccc3c(c2)OCO3)cc1. The van der Waals surface area contributed by atoms with E-state index in [9.17, 15) is 4.79 Å². The van der Waals surface area contributed by atoms with E-state index in [4.69, 9.17) is 19.2 Å². The summed E-state index contributed by atoms with van der Waals surface area (Å²) in [6.07, 6.45) is 4.20. The van der Waals surface area contributed by atoms with Gasteiger partial charge in [0.05, 0.1) is 13.2 Å². The second-order valence-electron chi connectivity index (χ2n) is 7.11. The number of hydrogen-bond donors (Lipinski definition) is 0. The van der Waals surface area contributed by atoms with Crippen LogP contribution in [0.4, 0.5) is 5.69 Å². The number of anilines is 1. The Kier molecular flexibility index (Phi) is 5.98. The molecule has 0 bridgehead atoms. The predicted molar refractivity (Wildman–Crippen MR) is 113 cm³/mol. The Bertz CT molecular complexity index is 892. The van der Waals surface area contributed by atoms with Crippen molar-refractivity contribution in [2.45, 2.75) is 32.6 Å². The van der Waals surface area contributed by atoms with Gasteiger partial charge in [-0.15, -0.1) is 0 Å². The van der Waals surface area contributed by atoms with Gasteiger partial charge in [0.2, 0.25) is 6.79 Å². The molecule has 4 rings (SSSR count). The van der Waals surface area contributed by atoms with Crippen molar-refractivity contribution in [1.29, 1.82) is 0 Å². The lowest BCUT2D eigenvalue weighted by molar-refractivity contribution is 0.100. The molecule has 0 N–H and O–H groups in total. The van der Waals surface area contributed by atoms with Gasteiger partial charge in [-0.25, -0.2) is 0 Å². The van der Waals surface area contributed by atoms with E-state index >= 15 is 0 Å². The van der Waals surface area contributed by atoms with E-state index < -0.39 is 0 Å². The molecule has 0 aliphatic carbocycles. The number of fused-ring (bicyclic) bond motifs is 1. The first-order valence-electron chi connectivity index (χ1n) is 10.2. The third-order valence-corrected chi connectivity index (χ3v) is 5.12. The van der Waals surface area contributed by atoms with Gasteiger partial charge >= 0.3 is 0 Å². The van der Waals surface area contributed by atoms with Crippen LogP contribution < -0.4 is 19.1 Å². The molecule has 0 saturated heterocycles. The zero-order chi connectivity index (χ0) is 20.1. The van der Waals surface area contributed by atoms with Gasteiger partial charge in [0.15, 0.2) is 17.3 Å². The fourth-order valence-electron chi connectivity index (χ4n) is 3.60. The van der Waals surface area contributed by atoms with E-state index in [2.05, 4.69) is 0 Å². The van der Waals surface area contributed by atoms with Crippen LogP contribution in [0.15, 0.2) is 47.5 Å². The summed E-state index contributed by atoms with van der Waals surface area (Å²) in [6, 6.07) is 13.1. The van der Waals surface area contributed by atoms with Crippen molar-refractivity contribution >= 4 is 17.3 Å². The predicted octanol–water partition coefficient (Wildman–Crippen LogP) is 4.48. The standard InChI is InChI=1S/C23H26N2O4/c1-2-27-19-10-7-17(8-11-19)20(26)15-25(23-6-4-3-5-13-24-23)18-9-12-21-22(14-18)29-16-28-21/h7-12,14H,2-6,13,15-16H2,1H3. The topological polar surface area (TPSA) is 60.4 Å². The Hall–Kier alpha value is -3.02. The lowest BCUT2D eigenvalue weighted by atomic mass is 10.1. The van der Waals surface area contributed by atoms with Crippen LogP contribution in [-0.4, -0.2) is 38.1 Å². The van der Waals surface area contributed by atoms with E-state index in [0.717, 1.165) is 55.3 Å². The molecule has 0 spiro atoms. The van der Waals surface area contributed by atoms with Gasteiger partial charge in [-0.1, -0.05) is 6.42 Å². The molecule has 0 fully saturated rings. The molecule has 2 aliphatic heterocycles. The summed E-state index contributed by atoms with van der Waals surface area (Å²) in [6.45, 7) is 3.80. The fraction of sp³-hybridized carbons (Fsp3) is 0.391. The highest BCUT2D eigenvalue weighted by Gasteiger charge is 2.22. The third kappa shape index (κ3) is 4.53. The number of rotatable bonds is 6. The first kappa shape index (κ1) is 19.3. The number of amidine groups is 1. The quantitative estimate of drug-likeness (QED) is 0.676. The Labute approximate surface area is 171 Å². The second kappa shape index (κ2) is 8.99. The molecular formula is C23H26N2O4. The molecule has 0 aromatic heterocycles. The summed E-state index contributed by atoms with van der Waals surface area (Å²) in [5.41, 5.74) is 1.56. The van der Waals surface area contributed by atoms with Crippen LogP contribution in [-0.2, 0) is 0 Å². The minimum absolute atomic E-state index is 0.0395. The summed E-state index contributed by atoms with van der Waals surface area (Å²) < 4.78 is 16.4. The van der Waals surface area contributed by atoms with Crippen LogP contribution in [0.25, 0.3) is 0 Å². The molecule has 0 saturated carbocycles. The Morgan fingerprint density at radius 2 is 1.90 bits per heavy atom. The second-order valence-corrected chi connectivity index (χ2v) is 7.11. The Balaban J connectivity index is 1.59. The molecular weight excluding hydrogens is 368 g/mol. The first-order chi connectivity index (χ1) is 14.2. The molecule has 6 heteroatoms. The van der Waals surface area contributed by atoms with Gasteiger partial charge < -0.3 is 19.1 Å². The lowest BCUT2D eigenvalue weighted by Crippen LogP contribution is -2.36. The van der Waals surface area contributed by atoms with Gasteiger partial charge in [0, 0.05) is 30.3 Å². The van der Waals surface area contributed by atoms with Gasteiger partial charge in [0.1, 0.15) is 11.6 Å². The summed E-state index contributed by atoms with van der Waals surface area (Å²) in [7, 11) is 0. The van der Waals surface area contributed by atoms with Crippen molar-refractivity contribution in [1.82, 2.24) is 0 Å².